The number of aliphatic hydroxyl groups excluding tert-OH is 2. The lowest BCUT2D eigenvalue weighted by molar-refractivity contribution is -0.293. The number of hydrogen-bond acceptors (Lipinski definition) is 6. The van der Waals surface area contributed by atoms with Gasteiger partial charge in [0, 0.05) is 19.2 Å². The molecule has 0 amide bonds. The average Bonchev–Trinajstić information content (AvgIpc) is 2.72. The second-order valence-corrected chi connectivity index (χ2v) is 6.12. The molecule has 23 heavy (non-hydrogen) atoms. The Bertz CT molecular complexity index is 483. The molecule has 128 valence electrons. The van der Waals surface area contributed by atoms with Crippen LogP contribution in [0.1, 0.15) is 24.9 Å². The van der Waals surface area contributed by atoms with Crippen molar-refractivity contribution >= 4 is 0 Å². The molecule has 3 N–H and O–H groups in total. The first-order valence-corrected chi connectivity index (χ1v) is 8.20. The normalized spacial score (nSPS) is 36.0. The summed E-state index contributed by atoms with van der Waals surface area (Å²) in [5, 5.41) is 23.8. The maximum absolute atomic E-state index is 10.3. The van der Waals surface area contributed by atoms with Crippen LogP contribution in [0.2, 0.25) is 0 Å². The molecule has 3 aliphatic heterocycles. The highest BCUT2D eigenvalue weighted by molar-refractivity contribution is 5.18. The molecule has 3 heterocycles. The monoisotopic (exact) mass is 323 g/mol. The van der Waals surface area contributed by atoms with Gasteiger partial charge in [-0.25, -0.2) is 0 Å². The summed E-state index contributed by atoms with van der Waals surface area (Å²) in [4.78, 5) is 0. The van der Waals surface area contributed by atoms with Crippen molar-refractivity contribution in [2.45, 2.75) is 50.1 Å². The van der Waals surface area contributed by atoms with Gasteiger partial charge in [0.15, 0.2) is 6.29 Å². The first kappa shape index (κ1) is 16.8. The Morgan fingerprint density at radius 2 is 1.87 bits per heavy atom. The lowest BCUT2D eigenvalue weighted by Gasteiger charge is -2.41. The van der Waals surface area contributed by atoms with Crippen molar-refractivity contribution in [1.82, 2.24) is 5.32 Å². The number of ether oxygens (including phenoxy) is 3. The molecule has 1 aromatic carbocycles. The number of nitrogens with one attached hydrogen (secondary N) is 1. The van der Waals surface area contributed by atoms with Gasteiger partial charge in [-0.15, -0.1) is 0 Å². The van der Waals surface area contributed by atoms with Gasteiger partial charge in [-0.3, -0.25) is 0 Å². The van der Waals surface area contributed by atoms with Gasteiger partial charge < -0.3 is 29.7 Å². The van der Waals surface area contributed by atoms with Crippen molar-refractivity contribution < 1.29 is 24.4 Å². The number of rotatable bonds is 4. The van der Waals surface area contributed by atoms with E-state index >= 15 is 0 Å². The van der Waals surface area contributed by atoms with Crippen molar-refractivity contribution in [2.75, 3.05) is 19.8 Å². The molecular formula is C17H25NO5. The van der Waals surface area contributed by atoms with Gasteiger partial charge in [-0.1, -0.05) is 30.3 Å². The molecule has 2 bridgehead atoms. The van der Waals surface area contributed by atoms with E-state index in [1.165, 1.54) is 5.56 Å². The van der Waals surface area contributed by atoms with E-state index in [0.717, 1.165) is 6.42 Å². The third-order valence-corrected chi connectivity index (χ3v) is 4.45. The lowest BCUT2D eigenvalue weighted by Crippen LogP contribution is -2.60. The summed E-state index contributed by atoms with van der Waals surface area (Å²) >= 11 is 0. The number of benzene rings is 1. The van der Waals surface area contributed by atoms with Crippen LogP contribution in [0, 0.1) is 0 Å². The standard InChI is InChI=1S/C17H25NO5/c1-11(12-6-3-2-4-7-12)18-10-13-16-14(19)15(20)17(23-13)22-9-5-8-21-16/h2-4,6-7,11,13-20H,5,8-10H2,1H3/t11-,13?,14?,15?,16?,17?/m1/s1. The minimum atomic E-state index is -1.08. The molecule has 3 aliphatic rings. The van der Waals surface area contributed by atoms with Gasteiger partial charge in [0.05, 0.1) is 6.61 Å². The van der Waals surface area contributed by atoms with Crippen molar-refractivity contribution in [2.24, 2.45) is 0 Å². The minimum absolute atomic E-state index is 0.147. The van der Waals surface area contributed by atoms with Crippen LogP contribution in [0.15, 0.2) is 30.3 Å². The Morgan fingerprint density at radius 3 is 2.65 bits per heavy atom. The second-order valence-electron chi connectivity index (χ2n) is 6.12. The molecule has 0 saturated carbocycles. The summed E-state index contributed by atoms with van der Waals surface area (Å²) in [7, 11) is 0. The Morgan fingerprint density at radius 1 is 1.13 bits per heavy atom. The number of hydrogen-bond donors (Lipinski definition) is 3. The van der Waals surface area contributed by atoms with E-state index in [1.54, 1.807) is 0 Å². The highest BCUT2D eigenvalue weighted by Crippen LogP contribution is 2.26. The van der Waals surface area contributed by atoms with Crippen LogP contribution < -0.4 is 5.32 Å². The van der Waals surface area contributed by atoms with Gasteiger partial charge in [0.1, 0.15) is 24.4 Å². The van der Waals surface area contributed by atoms with Gasteiger partial charge in [-0.05, 0) is 18.9 Å². The first-order chi connectivity index (χ1) is 11.2. The van der Waals surface area contributed by atoms with E-state index in [9.17, 15) is 10.2 Å². The zero-order valence-electron chi connectivity index (χ0n) is 13.3. The molecule has 3 saturated heterocycles. The van der Waals surface area contributed by atoms with Crippen LogP contribution >= 0.6 is 0 Å². The third kappa shape index (κ3) is 3.91. The summed E-state index contributed by atoms with van der Waals surface area (Å²) in [5.74, 6) is 0. The molecule has 1 aromatic rings. The van der Waals surface area contributed by atoms with Crippen LogP contribution in [-0.2, 0) is 14.2 Å². The van der Waals surface area contributed by atoms with Gasteiger partial charge >= 0.3 is 0 Å². The van der Waals surface area contributed by atoms with Crippen LogP contribution in [0.5, 0.6) is 0 Å². The summed E-state index contributed by atoms with van der Waals surface area (Å²) in [6, 6.07) is 10.3. The van der Waals surface area contributed by atoms with E-state index in [-0.39, 0.29) is 12.1 Å². The molecule has 0 aromatic heterocycles. The fourth-order valence-electron chi connectivity index (χ4n) is 3.04. The van der Waals surface area contributed by atoms with Crippen LogP contribution in [0.3, 0.4) is 0 Å². The third-order valence-electron chi connectivity index (χ3n) is 4.45. The fraction of sp³-hybridized carbons (Fsp3) is 0.647. The summed E-state index contributed by atoms with van der Waals surface area (Å²) in [6.45, 7) is 3.51. The van der Waals surface area contributed by atoms with Crippen LogP contribution in [0.25, 0.3) is 0 Å². The van der Waals surface area contributed by atoms with Crippen LogP contribution in [-0.4, -0.2) is 60.7 Å². The quantitative estimate of drug-likeness (QED) is 0.752. The molecular weight excluding hydrogens is 298 g/mol. The maximum atomic E-state index is 10.3. The van der Waals surface area contributed by atoms with E-state index in [1.807, 2.05) is 18.2 Å². The molecule has 6 nitrogen and oxygen atoms in total. The van der Waals surface area contributed by atoms with Crippen molar-refractivity contribution in [3.8, 4) is 0 Å². The number of fused-ring (bicyclic) bond motifs is 6. The van der Waals surface area contributed by atoms with Gasteiger partial charge in [0.25, 0.3) is 0 Å². The Labute approximate surface area is 136 Å². The van der Waals surface area contributed by atoms with Crippen molar-refractivity contribution in [3.63, 3.8) is 0 Å². The van der Waals surface area contributed by atoms with E-state index in [4.69, 9.17) is 14.2 Å². The largest absolute Gasteiger partial charge is 0.387 e. The predicted octanol–water partition coefficient (Wildman–Crippen LogP) is 0.589. The van der Waals surface area contributed by atoms with Crippen molar-refractivity contribution in [3.05, 3.63) is 35.9 Å². The molecule has 0 spiro atoms. The molecule has 0 aliphatic carbocycles. The molecule has 5 unspecified atom stereocenters. The summed E-state index contributed by atoms with van der Waals surface area (Å²) in [5.41, 5.74) is 1.18. The molecule has 6 heteroatoms. The predicted molar refractivity (Wildman–Crippen MR) is 83.8 cm³/mol. The first-order valence-electron chi connectivity index (χ1n) is 8.20. The zero-order chi connectivity index (χ0) is 16.2. The number of aliphatic hydroxyl groups is 2. The zero-order valence-corrected chi connectivity index (χ0v) is 13.3. The topological polar surface area (TPSA) is 80.2 Å². The fourth-order valence-corrected chi connectivity index (χ4v) is 3.04. The van der Waals surface area contributed by atoms with E-state index < -0.39 is 24.6 Å². The van der Waals surface area contributed by atoms with Crippen LogP contribution in [0.4, 0.5) is 0 Å². The maximum Gasteiger partial charge on any atom is 0.186 e. The van der Waals surface area contributed by atoms with Gasteiger partial charge in [0.2, 0.25) is 0 Å². The Balaban J connectivity index is 1.64. The SMILES string of the molecule is C[C@@H](NCC1OC2OCCCOC1C(O)C2O)c1ccccc1. The van der Waals surface area contributed by atoms with Gasteiger partial charge in [-0.2, -0.15) is 0 Å². The summed E-state index contributed by atoms with van der Waals surface area (Å²) < 4.78 is 17.1. The molecule has 3 fully saturated rings. The lowest BCUT2D eigenvalue weighted by atomic mass is 9.98. The molecule has 4 rings (SSSR count). The molecule has 0 radical (unpaired) electrons. The average molecular weight is 323 g/mol. The van der Waals surface area contributed by atoms with E-state index in [0.29, 0.717) is 19.8 Å². The second kappa shape index (κ2) is 7.70. The minimum Gasteiger partial charge on any atom is -0.387 e. The van der Waals surface area contributed by atoms with E-state index in [2.05, 4.69) is 24.4 Å². The highest BCUT2D eigenvalue weighted by Gasteiger charge is 2.46. The highest BCUT2D eigenvalue weighted by atomic mass is 16.7. The van der Waals surface area contributed by atoms with Crippen molar-refractivity contribution in [1.29, 1.82) is 0 Å². The smallest absolute Gasteiger partial charge is 0.186 e. The Hall–Kier alpha value is -1.02. The summed E-state index contributed by atoms with van der Waals surface area (Å²) in [6.07, 6.45) is -3.11. The molecule has 6 atom stereocenters. The Kier molecular flexibility index (Phi) is 5.63.